The van der Waals surface area contributed by atoms with Gasteiger partial charge in [-0.05, 0) is 18.2 Å². The number of carbonyl (C=O) groups excluding carboxylic acids is 1. The molecule has 1 amide bonds. The molecule has 0 aliphatic carbocycles. The van der Waals surface area contributed by atoms with E-state index < -0.39 is 54.2 Å². The Morgan fingerprint density at radius 1 is 1.35 bits per heavy atom. The molecule has 13 heteroatoms. The second-order valence-corrected chi connectivity index (χ2v) is 6.56. The second kappa shape index (κ2) is 8.32. The zero-order valence-corrected chi connectivity index (χ0v) is 15.9. The first-order valence-corrected chi connectivity index (χ1v) is 8.70. The van der Waals surface area contributed by atoms with Crippen LogP contribution in [0.4, 0.5) is 27.6 Å². The Bertz CT molecular complexity index is 999. The van der Waals surface area contributed by atoms with Gasteiger partial charge in [0.15, 0.2) is 6.10 Å². The number of ether oxygens (including phenoxy) is 2. The molecule has 0 radical (unpaired) electrons. The molecular formula is C18H16F5N5O3. The summed E-state index contributed by atoms with van der Waals surface area (Å²) < 4.78 is 77.3. The average molecular weight is 445 g/mol. The van der Waals surface area contributed by atoms with E-state index in [4.69, 9.17) is 10.5 Å². The van der Waals surface area contributed by atoms with E-state index in [0.717, 1.165) is 24.4 Å². The lowest BCUT2D eigenvalue weighted by Crippen LogP contribution is -2.48. The quantitative estimate of drug-likeness (QED) is 0.685. The summed E-state index contributed by atoms with van der Waals surface area (Å²) in [6.07, 6.45) is -6.07. The summed E-state index contributed by atoms with van der Waals surface area (Å²) in [4.78, 5) is 23.6. The number of alkyl halides is 4. The third kappa shape index (κ3) is 4.64. The van der Waals surface area contributed by atoms with E-state index in [1.165, 1.54) is 13.3 Å². The highest BCUT2D eigenvalue weighted by atomic mass is 19.4. The molecule has 1 aliphatic heterocycles. The van der Waals surface area contributed by atoms with E-state index >= 15 is 0 Å². The maximum atomic E-state index is 14.5. The van der Waals surface area contributed by atoms with Gasteiger partial charge in [0, 0.05) is 17.7 Å². The van der Waals surface area contributed by atoms with Crippen molar-refractivity contribution in [2.45, 2.75) is 24.2 Å². The number of rotatable bonds is 5. The van der Waals surface area contributed by atoms with Crippen molar-refractivity contribution in [3.05, 3.63) is 47.7 Å². The fourth-order valence-electron chi connectivity index (χ4n) is 2.98. The molecule has 166 valence electrons. The molecule has 8 nitrogen and oxygen atoms in total. The molecule has 2 atom stereocenters. The summed E-state index contributed by atoms with van der Waals surface area (Å²) in [5.41, 5.74) is 2.37. The highest BCUT2D eigenvalue weighted by Gasteiger charge is 2.52. The lowest BCUT2D eigenvalue weighted by molar-refractivity contribution is -0.209. The smallest absolute Gasteiger partial charge is 0.425 e. The third-order valence-corrected chi connectivity index (χ3v) is 4.49. The number of anilines is 1. The SMILES string of the molecule is COc1cnc(C(=O)Nc2ccc(F)c([C@]3(CF)CC(C(F)(F)F)OC(N)=N3)c2)cn1. The van der Waals surface area contributed by atoms with Crippen molar-refractivity contribution in [3.8, 4) is 5.88 Å². The molecule has 1 aromatic heterocycles. The fraction of sp³-hybridized carbons (Fsp3) is 0.333. The Morgan fingerprint density at radius 3 is 2.68 bits per heavy atom. The van der Waals surface area contributed by atoms with Gasteiger partial charge >= 0.3 is 6.18 Å². The molecule has 0 fully saturated rings. The van der Waals surface area contributed by atoms with E-state index in [1.54, 1.807) is 0 Å². The number of carbonyl (C=O) groups is 1. The van der Waals surface area contributed by atoms with Crippen LogP contribution in [0, 0.1) is 5.82 Å². The van der Waals surface area contributed by atoms with E-state index in [-0.39, 0.29) is 17.3 Å². The number of nitrogens with zero attached hydrogens (tertiary/aromatic N) is 3. The van der Waals surface area contributed by atoms with Crippen LogP contribution in [-0.2, 0) is 10.3 Å². The number of nitrogens with one attached hydrogen (secondary N) is 1. The van der Waals surface area contributed by atoms with Gasteiger partial charge in [0.2, 0.25) is 5.88 Å². The van der Waals surface area contributed by atoms with Crippen molar-refractivity contribution in [1.82, 2.24) is 9.97 Å². The number of aliphatic imine (C=N–C) groups is 1. The topological polar surface area (TPSA) is 112 Å². The van der Waals surface area contributed by atoms with Gasteiger partial charge in [-0.15, -0.1) is 0 Å². The summed E-state index contributed by atoms with van der Waals surface area (Å²) in [6.45, 7) is -1.48. The zero-order valence-electron chi connectivity index (χ0n) is 15.9. The van der Waals surface area contributed by atoms with Crippen molar-refractivity contribution in [1.29, 1.82) is 0 Å². The minimum Gasteiger partial charge on any atom is -0.480 e. The van der Waals surface area contributed by atoms with Crippen LogP contribution in [0.5, 0.6) is 5.88 Å². The van der Waals surface area contributed by atoms with Gasteiger partial charge in [-0.25, -0.2) is 23.7 Å². The molecule has 31 heavy (non-hydrogen) atoms. The fourth-order valence-corrected chi connectivity index (χ4v) is 2.98. The molecule has 0 spiro atoms. The molecule has 0 bridgehead atoms. The van der Waals surface area contributed by atoms with Crippen molar-refractivity contribution >= 4 is 17.6 Å². The van der Waals surface area contributed by atoms with Crippen LogP contribution in [0.15, 0.2) is 35.6 Å². The largest absolute Gasteiger partial charge is 0.480 e. The molecule has 3 N–H and O–H groups in total. The van der Waals surface area contributed by atoms with Gasteiger partial charge in [-0.3, -0.25) is 4.79 Å². The van der Waals surface area contributed by atoms with Crippen LogP contribution in [0.3, 0.4) is 0 Å². The summed E-state index contributed by atoms with van der Waals surface area (Å²) in [5.74, 6) is -1.61. The van der Waals surface area contributed by atoms with Crippen LogP contribution in [0.1, 0.15) is 22.5 Å². The van der Waals surface area contributed by atoms with Gasteiger partial charge < -0.3 is 20.5 Å². The number of hydrogen-bond donors (Lipinski definition) is 2. The first-order valence-electron chi connectivity index (χ1n) is 8.70. The summed E-state index contributed by atoms with van der Waals surface area (Å²) >= 11 is 0. The van der Waals surface area contributed by atoms with Crippen molar-refractivity contribution < 1.29 is 36.2 Å². The first kappa shape index (κ1) is 22.2. The first-order chi connectivity index (χ1) is 14.6. The van der Waals surface area contributed by atoms with Crippen LogP contribution in [-0.4, -0.2) is 48.0 Å². The molecule has 0 saturated carbocycles. The number of benzene rings is 1. The Kier molecular flexibility index (Phi) is 5.95. The Morgan fingerprint density at radius 2 is 2.10 bits per heavy atom. The Labute approximate surface area is 172 Å². The van der Waals surface area contributed by atoms with Crippen LogP contribution < -0.4 is 15.8 Å². The Balaban J connectivity index is 1.93. The highest BCUT2D eigenvalue weighted by Crippen LogP contribution is 2.42. The minimum atomic E-state index is -4.88. The molecule has 1 aliphatic rings. The van der Waals surface area contributed by atoms with Gasteiger partial charge in [0.1, 0.15) is 23.7 Å². The van der Waals surface area contributed by atoms with Crippen LogP contribution in [0.25, 0.3) is 0 Å². The van der Waals surface area contributed by atoms with E-state index in [2.05, 4.69) is 25.0 Å². The van der Waals surface area contributed by atoms with E-state index in [9.17, 15) is 26.7 Å². The normalized spacial score (nSPS) is 21.1. The minimum absolute atomic E-state index is 0.0318. The number of halogens is 5. The van der Waals surface area contributed by atoms with Gasteiger partial charge in [-0.2, -0.15) is 13.2 Å². The van der Waals surface area contributed by atoms with Crippen LogP contribution >= 0.6 is 0 Å². The summed E-state index contributed by atoms with van der Waals surface area (Å²) in [7, 11) is 1.36. The monoisotopic (exact) mass is 445 g/mol. The van der Waals surface area contributed by atoms with Crippen LogP contribution in [0.2, 0.25) is 0 Å². The van der Waals surface area contributed by atoms with Crippen molar-refractivity contribution in [3.63, 3.8) is 0 Å². The van der Waals surface area contributed by atoms with Crippen molar-refractivity contribution in [2.75, 3.05) is 19.1 Å². The zero-order chi connectivity index (χ0) is 22.8. The predicted octanol–water partition coefficient (Wildman–Crippen LogP) is 2.71. The Hall–Kier alpha value is -3.51. The van der Waals surface area contributed by atoms with Gasteiger partial charge in [0.25, 0.3) is 11.9 Å². The number of nitrogens with two attached hydrogens (primary N) is 1. The summed E-state index contributed by atoms with van der Waals surface area (Å²) in [5, 5.41) is 2.39. The lowest BCUT2D eigenvalue weighted by Gasteiger charge is -2.36. The predicted molar refractivity (Wildman–Crippen MR) is 97.8 cm³/mol. The van der Waals surface area contributed by atoms with Gasteiger partial charge in [-0.1, -0.05) is 0 Å². The van der Waals surface area contributed by atoms with E-state index in [0.29, 0.717) is 0 Å². The second-order valence-electron chi connectivity index (χ2n) is 6.56. The number of amidine groups is 1. The number of aromatic nitrogens is 2. The number of methoxy groups -OCH3 is 1. The molecule has 3 rings (SSSR count). The molecule has 1 unspecified atom stereocenters. The molecule has 2 aromatic rings. The standard InChI is InChI=1S/C18H16F5N5O3/c1-30-14-7-25-12(6-26-14)15(29)27-9-2-3-11(20)10(4-9)17(8-19)5-13(18(21,22)23)31-16(24)28-17/h2-4,6-7,13H,5,8H2,1H3,(H2,24,28)(H,27,29)/t13?,17-/m1/s1. The lowest BCUT2D eigenvalue weighted by atomic mass is 9.84. The maximum absolute atomic E-state index is 14.5. The number of amides is 1. The van der Waals surface area contributed by atoms with Gasteiger partial charge in [0.05, 0.1) is 19.5 Å². The molecular weight excluding hydrogens is 429 g/mol. The molecule has 1 aromatic carbocycles. The third-order valence-electron chi connectivity index (χ3n) is 4.49. The maximum Gasteiger partial charge on any atom is 0.425 e. The van der Waals surface area contributed by atoms with E-state index in [1.807, 2.05) is 0 Å². The molecule has 2 heterocycles. The highest BCUT2D eigenvalue weighted by molar-refractivity contribution is 6.02. The average Bonchev–Trinajstić information content (AvgIpc) is 2.74. The summed E-state index contributed by atoms with van der Waals surface area (Å²) in [6, 6.07) is 2.08. The molecule has 0 saturated heterocycles. The van der Waals surface area contributed by atoms with Crippen molar-refractivity contribution in [2.24, 2.45) is 10.7 Å². The number of hydrogen-bond acceptors (Lipinski definition) is 7.